The van der Waals surface area contributed by atoms with Crippen molar-refractivity contribution in [2.45, 2.75) is 46.0 Å². The first-order valence-electron chi connectivity index (χ1n) is 8.59. The fourth-order valence-electron chi connectivity index (χ4n) is 3.38. The number of hydrogen-bond donors (Lipinski definition) is 0. The zero-order chi connectivity index (χ0) is 17.3. The monoisotopic (exact) mass is 330 g/mol. The third-order valence-corrected chi connectivity index (χ3v) is 4.63. The molecule has 0 saturated carbocycles. The van der Waals surface area contributed by atoms with Crippen molar-refractivity contribution in [3.8, 4) is 5.75 Å². The summed E-state index contributed by atoms with van der Waals surface area (Å²) in [6.45, 7) is 7.89. The molecule has 2 heterocycles. The van der Waals surface area contributed by atoms with Gasteiger partial charge in [0.25, 0.3) is 0 Å². The minimum Gasteiger partial charge on any atom is -0.493 e. The van der Waals surface area contributed by atoms with Crippen LogP contribution in [0.3, 0.4) is 0 Å². The lowest BCUT2D eigenvalue weighted by molar-refractivity contribution is -0.134. The number of likely N-dealkylation sites (tertiary alicyclic amines) is 1. The number of hydrogen-bond acceptors (Lipinski definition) is 4. The summed E-state index contributed by atoms with van der Waals surface area (Å²) in [7, 11) is 1.64. The van der Waals surface area contributed by atoms with Gasteiger partial charge in [0.15, 0.2) is 5.75 Å². The Balaban J connectivity index is 1.70. The van der Waals surface area contributed by atoms with E-state index >= 15 is 0 Å². The van der Waals surface area contributed by atoms with E-state index < -0.39 is 0 Å². The fraction of sp³-hybridized carbons (Fsp3) is 0.579. The summed E-state index contributed by atoms with van der Waals surface area (Å²) in [6, 6.07) is 5.87. The van der Waals surface area contributed by atoms with Crippen LogP contribution in [-0.4, -0.2) is 36.2 Å². The van der Waals surface area contributed by atoms with Crippen LogP contribution in [0.1, 0.15) is 51.6 Å². The third-order valence-electron chi connectivity index (χ3n) is 4.63. The molecule has 0 bridgehead atoms. The van der Waals surface area contributed by atoms with Gasteiger partial charge >= 0.3 is 0 Å². The van der Waals surface area contributed by atoms with Crippen LogP contribution in [0.4, 0.5) is 0 Å². The maximum absolute atomic E-state index is 12.4. The molecule has 1 aliphatic rings. The summed E-state index contributed by atoms with van der Waals surface area (Å²) in [5, 5.41) is 5.32. The lowest BCUT2D eigenvalue weighted by atomic mass is 9.89. The zero-order valence-corrected chi connectivity index (χ0v) is 15.0. The second-order valence-corrected chi connectivity index (χ2v) is 7.80. The number of amides is 1. The number of aromatic nitrogens is 1. The van der Waals surface area contributed by atoms with Crippen molar-refractivity contribution in [2.75, 3.05) is 20.2 Å². The van der Waals surface area contributed by atoms with Crippen LogP contribution in [0.25, 0.3) is 11.0 Å². The highest BCUT2D eigenvalue weighted by Crippen LogP contribution is 2.36. The molecule has 5 heteroatoms. The van der Waals surface area contributed by atoms with Crippen LogP contribution in [0.5, 0.6) is 5.75 Å². The number of nitrogens with zero attached hydrogens (tertiary/aromatic N) is 2. The Labute approximate surface area is 142 Å². The van der Waals surface area contributed by atoms with Gasteiger partial charge in [-0.15, -0.1) is 0 Å². The molecule has 2 aromatic rings. The maximum atomic E-state index is 12.4. The van der Waals surface area contributed by atoms with Crippen molar-refractivity contribution >= 4 is 16.9 Å². The third kappa shape index (κ3) is 3.40. The maximum Gasteiger partial charge on any atom is 0.223 e. The van der Waals surface area contributed by atoms with Gasteiger partial charge in [-0.1, -0.05) is 32.0 Å². The van der Waals surface area contributed by atoms with Crippen molar-refractivity contribution in [3.63, 3.8) is 0 Å². The molecule has 24 heavy (non-hydrogen) atoms. The average Bonchev–Trinajstić information content (AvgIpc) is 2.97. The van der Waals surface area contributed by atoms with Crippen molar-refractivity contribution in [1.82, 2.24) is 10.1 Å². The van der Waals surface area contributed by atoms with Crippen LogP contribution >= 0.6 is 0 Å². The van der Waals surface area contributed by atoms with Crippen LogP contribution in [0.2, 0.25) is 0 Å². The number of piperidine rings is 1. The lowest BCUT2D eigenvalue weighted by Gasteiger charge is -2.33. The molecule has 1 aromatic heterocycles. The highest BCUT2D eigenvalue weighted by Gasteiger charge is 2.29. The SMILES string of the molecule is COc1cccc2c(C3CCN(C(=O)CC(C)(C)C)CC3)noc12. The summed E-state index contributed by atoms with van der Waals surface area (Å²) in [6.07, 6.45) is 2.45. The van der Waals surface area contributed by atoms with Gasteiger partial charge in [-0.3, -0.25) is 4.79 Å². The Kier molecular flexibility index (Phi) is 4.52. The zero-order valence-electron chi connectivity index (χ0n) is 15.0. The van der Waals surface area contributed by atoms with Crippen LogP contribution in [-0.2, 0) is 4.79 Å². The second kappa shape index (κ2) is 6.46. The van der Waals surface area contributed by atoms with E-state index in [-0.39, 0.29) is 11.3 Å². The predicted octanol–water partition coefficient (Wildman–Crippen LogP) is 3.98. The largest absolute Gasteiger partial charge is 0.493 e. The molecule has 1 amide bonds. The molecule has 0 aliphatic carbocycles. The molecule has 1 fully saturated rings. The Hall–Kier alpha value is -2.04. The van der Waals surface area contributed by atoms with E-state index in [1.54, 1.807) is 7.11 Å². The van der Waals surface area contributed by atoms with Gasteiger partial charge in [0.05, 0.1) is 12.8 Å². The van der Waals surface area contributed by atoms with Crippen molar-refractivity contribution in [2.24, 2.45) is 5.41 Å². The van der Waals surface area contributed by atoms with Crippen LogP contribution in [0.15, 0.2) is 22.7 Å². The molecular weight excluding hydrogens is 304 g/mol. The molecule has 0 spiro atoms. The van der Waals surface area contributed by atoms with Gasteiger partial charge in [0.2, 0.25) is 11.5 Å². The standard InChI is InChI=1S/C19H26N2O3/c1-19(2,3)12-16(22)21-10-8-13(9-11-21)17-14-6-5-7-15(23-4)18(14)24-20-17/h5-7,13H,8-12H2,1-4H3. The Morgan fingerprint density at radius 2 is 2.04 bits per heavy atom. The highest BCUT2D eigenvalue weighted by molar-refractivity contribution is 5.85. The van der Waals surface area contributed by atoms with E-state index in [4.69, 9.17) is 9.26 Å². The number of benzene rings is 1. The Bertz CT molecular complexity index is 722. The number of carbonyl (C=O) groups excluding carboxylic acids is 1. The van der Waals surface area contributed by atoms with Crippen molar-refractivity contribution < 1.29 is 14.1 Å². The fourth-order valence-corrected chi connectivity index (χ4v) is 3.38. The second-order valence-electron chi connectivity index (χ2n) is 7.80. The topological polar surface area (TPSA) is 55.6 Å². The van der Waals surface area contributed by atoms with E-state index in [2.05, 4.69) is 25.9 Å². The normalized spacial score (nSPS) is 16.6. The smallest absolute Gasteiger partial charge is 0.223 e. The van der Waals surface area contributed by atoms with Gasteiger partial charge < -0.3 is 14.2 Å². The summed E-state index contributed by atoms with van der Waals surface area (Å²) in [5.74, 6) is 1.30. The summed E-state index contributed by atoms with van der Waals surface area (Å²) in [5.41, 5.74) is 1.74. The van der Waals surface area contributed by atoms with E-state index in [9.17, 15) is 4.79 Å². The molecular formula is C19H26N2O3. The molecule has 0 atom stereocenters. The van der Waals surface area contributed by atoms with Gasteiger partial charge in [0.1, 0.15) is 0 Å². The molecule has 3 rings (SSSR count). The van der Waals surface area contributed by atoms with E-state index in [0.717, 1.165) is 37.0 Å². The molecule has 0 N–H and O–H groups in total. The van der Waals surface area contributed by atoms with Gasteiger partial charge in [-0.25, -0.2) is 0 Å². The number of methoxy groups -OCH3 is 1. The van der Waals surface area contributed by atoms with E-state index in [0.29, 0.717) is 23.7 Å². The summed E-state index contributed by atoms with van der Waals surface area (Å²) < 4.78 is 10.8. The molecule has 130 valence electrons. The first kappa shape index (κ1) is 16.8. The molecule has 1 saturated heterocycles. The molecule has 1 aromatic carbocycles. The number of rotatable bonds is 3. The van der Waals surface area contributed by atoms with Crippen molar-refractivity contribution in [3.05, 3.63) is 23.9 Å². The summed E-state index contributed by atoms with van der Waals surface area (Å²) >= 11 is 0. The number of para-hydroxylation sites is 1. The molecule has 0 unspecified atom stereocenters. The van der Waals surface area contributed by atoms with Crippen molar-refractivity contribution in [1.29, 1.82) is 0 Å². The summed E-state index contributed by atoms with van der Waals surface area (Å²) in [4.78, 5) is 14.4. The van der Waals surface area contributed by atoms with E-state index in [1.165, 1.54) is 0 Å². The Morgan fingerprint density at radius 3 is 2.67 bits per heavy atom. The van der Waals surface area contributed by atoms with Crippen LogP contribution < -0.4 is 4.74 Å². The number of fused-ring (bicyclic) bond motifs is 1. The molecule has 0 radical (unpaired) electrons. The number of carbonyl (C=O) groups is 1. The van der Waals surface area contributed by atoms with Crippen LogP contribution in [0, 0.1) is 5.41 Å². The molecule has 5 nitrogen and oxygen atoms in total. The van der Waals surface area contributed by atoms with E-state index in [1.807, 2.05) is 23.1 Å². The lowest BCUT2D eigenvalue weighted by Crippen LogP contribution is -2.39. The average molecular weight is 330 g/mol. The predicted molar refractivity (Wildman–Crippen MR) is 93.2 cm³/mol. The quantitative estimate of drug-likeness (QED) is 0.854. The minimum absolute atomic E-state index is 0.0345. The first-order chi connectivity index (χ1) is 11.4. The highest BCUT2D eigenvalue weighted by atomic mass is 16.5. The minimum atomic E-state index is 0.0345. The van der Waals surface area contributed by atoms with Gasteiger partial charge in [0, 0.05) is 30.8 Å². The molecule has 1 aliphatic heterocycles. The first-order valence-corrected chi connectivity index (χ1v) is 8.59. The number of ether oxygens (including phenoxy) is 1. The van der Waals surface area contributed by atoms with Gasteiger partial charge in [-0.05, 0) is 30.4 Å². The Morgan fingerprint density at radius 1 is 1.33 bits per heavy atom. The van der Waals surface area contributed by atoms with Gasteiger partial charge in [-0.2, -0.15) is 0 Å².